The quantitative estimate of drug-likeness (QED) is 0.822. The number of aromatic nitrogens is 1. The molecule has 0 bridgehead atoms. The SMILES string of the molecule is CCCN(Cc1ccsc1)S(=O)(=O)c1c(C)noc1C. The lowest BCUT2D eigenvalue weighted by atomic mass is 10.3. The van der Waals surface area contributed by atoms with E-state index in [-0.39, 0.29) is 4.90 Å². The van der Waals surface area contributed by atoms with E-state index in [1.807, 2.05) is 23.8 Å². The molecule has 0 fully saturated rings. The van der Waals surface area contributed by atoms with Gasteiger partial charge in [0.25, 0.3) is 0 Å². The van der Waals surface area contributed by atoms with Crippen LogP contribution in [0.1, 0.15) is 30.4 Å². The molecule has 0 radical (unpaired) electrons. The van der Waals surface area contributed by atoms with Crippen LogP contribution in [0.5, 0.6) is 0 Å². The molecule has 2 aromatic heterocycles. The molecule has 20 heavy (non-hydrogen) atoms. The topological polar surface area (TPSA) is 63.4 Å². The first kappa shape index (κ1) is 15.2. The van der Waals surface area contributed by atoms with Gasteiger partial charge in [-0.2, -0.15) is 15.6 Å². The van der Waals surface area contributed by atoms with Gasteiger partial charge in [-0.1, -0.05) is 12.1 Å². The second-order valence-electron chi connectivity index (χ2n) is 4.62. The highest BCUT2D eigenvalue weighted by Crippen LogP contribution is 2.25. The first-order chi connectivity index (χ1) is 9.46. The molecular weight excluding hydrogens is 296 g/mol. The van der Waals surface area contributed by atoms with E-state index in [1.165, 1.54) is 4.31 Å². The van der Waals surface area contributed by atoms with Crippen LogP contribution in [0, 0.1) is 13.8 Å². The van der Waals surface area contributed by atoms with Crippen LogP contribution < -0.4 is 0 Å². The molecule has 2 heterocycles. The summed E-state index contributed by atoms with van der Waals surface area (Å²) in [6.45, 7) is 6.09. The van der Waals surface area contributed by atoms with E-state index >= 15 is 0 Å². The van der Waals surface area contributed by atoms with Crippen molar-refractivity contribution in [1.82, 2.24) is 9.46 Å². The summed E-state index contributed by atoms with van der Waals surface area (Å²) in [6.07, 6.45) is 0.757. The van der Waals surface area contributed by atoms with Gasteiger partial charge in [-0.25, -0.2) is 8.42 Å². The molecule has 0 aromatic carbocycles. The lowest BCUT2D eigenvalue weighted by molar-refractivity contribution is 0.386. The number of nitrogens with zero attached hydrogens (tertiary/aromatic N) is 2. The van der Waals surface area contributed by atoms with Crippen LogP contribution >= 0.6 is 11.3 Å². The summed E-state index contributed by atoms with van der Waals surface area (Å²) in [4.78, 5) is 0.196. The van der Waals surface area contributed by atoms with E-state index in [1.54, 1.807) is 25.2 Å². The van der Waals surface area contributed by atoms with Crippen molar-refractivity contribution in [3.8, 4) is 0 Å². The average Bonchev–Trinajstić information content (AvgIpc) is 2.99. The van der Waals surface area contributed by atoms with Crippen molar-refractivity contribution < 1.29 is 12.9 Å². The molecule has 0 aliphatic heterocycles. The molecule has 0 atom stereocenters. The first-order valence-electron chi connectivity index (χ1n) is 6.41. The predicted molar refractivity (Wildman–Crippen MR) is 78.2 cm³/mol. The predicted octanol–water partition coefficient (Wildman–Crippen LogP) is 2.95. The summed E-state index contributed by atoms with van der Waals surface area (Å²) in [5, 5.41) is 7.65. The molecule has 0 aliphatic rings. The molecule has 7 heteroatoms. The summed E-state index contributed by atoms with van der Waals surface area (Å²) in [5.74, 6) is 0.342. The minimum atomic E-state index is -3.58. The van der Waals surface area contributed by atoms with E-state index in [0.717, 1.165) is 12.0 Å². The Kier molecular flexibility index (Phi) is 4.62. The zero-order valence-electron chi connectivity index (χ0n) is 11.8. The molecule has 2 rings (SSSR count). The molecule has 0 N–H and O–H groups in total. The Morgan fingerprint density at radius 2 is 2.15 bits per heavy atom. The van der Waals surface area contributed by atoms with Crippen molar-refractivity contribution in [2.75, 3.05) is 6.54 Å². The fraction of sp³-hybridized carbons (Fsp3) is 0.462. The number of aryl methyl sites for hydroxylation is 2. The van der Waals surface area contributed by atoms with E-state index < -0.39 is 10.0 Å². The Labute approximate surface area is 123 Å². The maximum Gasteiger partial charge on any atom is 0.248 e. The molecule has 0 aliphatic carbocycles. The monoisotopic (exact) mass is 314 g/mol. The number of thiophene rings is 1. The molecule has 0 unspecified atom stereocenters. The van der Waals surface area contributed by atoms with Crippen LogP contribution in [0.2, 0.25) is 0 Å². The largest absolute Gasteiger partial charge is 0.360 e. The molecule has 0 amide bonds. The zero-order chi connectivity index (χ0) is 14.8. The Bertz CT molecular complexity index is 640. The number of sulfonamides is 1. The number of hydrogen-bond donors (Lipinski definition) is 0. The average molecular weight is 314 g/mol. The highest BCUT2D eigenvalue weighted by molar-refractivity contribution is 7.89. The Morgan fingerprint density at radius 1 is 1.40 bits per heavy atom. The van der Waals surface area contributed by atoms with Crippen LogP contribution in [0.4, 0.5) is 0 Å². The van der Waals surface area contributed by atoms with Gasteiger partial charge < -0.3 is 4.52 Å². The van der Waals surface area contributed by atoms with Gasteiger partial charge in [0.15, 0.2) is 5.76 Å². The fourth-order valence-corrected chi connectivity index (χ4v) is 4.56. The number of hydrogen-bond acceptors (Lipinski definition) is 5. The maximum atomic E-state index is 12.8. The summed E-state index contributed by atoms with van der Waals surface area (Å²) in [7, 11) is -3.58. The van der Waals surface area contributed by atoms with Gasteiger partial charge in [0, 0.05) is 13.1 Å². The minimum Gasteiger partial charge on any atom is -0.360 e. The Morgan fingerprint density at radius 3 is 2.65 bits per heavy atom. The van der Waals surface area contributed by atoms with Gasteiger partial charge in [0.05, 0.1) is 0 Å². The highest BCUT2D eigenvalue weighted by atomic mass is 32.2. The molecule has 0 spiro atoms. The normalized spacial score (nSPS) is 12.2. The first-order valence-corrected chi connectivity index (χ1v) is 8.79. The van der Waals surface area contributed by atoms with Gasteiger partial charge in [0.2, 0.25) is 10.0 Å². The molecule has 2 aromatic rings. The van der Waals surface area contributed by atoms with E-state index in [2.05, 4.69) is 5.16 Å². The summed E-state index contributed by atoms with van der Waals surface area (Å²) in [6, 6.07) is 1.94. The van der Waals surface area contributed by atoms with Crippen molar-refractivity contribution in [2.24, 2.45) is 0 Å². The van der Waals surface area contributed by atoms with Gasteiger partial charge in [0.1, 0.15) is 10.6 Å². The highest BCUT2D eigenvalue weighted by Gasteiger charge is 2.30. The van der Waals surface area contributed by atoms with E-state index in [4.69, 9.17) is 4.52 Å². The molecule has 0 saturated carbocycles. The van der Waals surface area contributed by atoms with Crippen molar-refractivity contribution >= 4 is 21.4 Å². The third-order valence-corrected chi connectivity index (χ3v) is 5.80. The number of rotatable bonds is 6. The summed E-state index contributed by atoms with van der Waals surface area (Å²) in [5.41, 5.74) is 1.41. The third kappa shape index (κ3) is 2.94. The Hall–Kier alpha value is -1.18. The lowest BCUT2D eigenvalue weighted by Crippen LogP contribution is -2.31. The fourth-order valence-electron chi connectivity index (χ4n) is 2.09. The third-order valence-electron chi connectivity index (χ3n) is 2.98. The molecule has 0 saturated heterocycles. The Balaban J connectivity index is 2.37. The minimum absolute atomic E-state index is 0.196. The van der Waals surface area contributed by atoms with Crippen molar-refractivity contribution in [2.45, 2.75) is 38.6 Å². The summed E-state index contributed by atoms with van der Waals surface area (Å²) >= 11 is 1.56. The van der Waals surface area contributed by atoms with Crippen molar-refractivity contribution in [3.63, 3.8) is 0 Å². The second-order valence-corrected chi connectivity index (χ2v) is 7.28. The summed E-state index contributed by atoms with van der Waals surface area (Å²) < 4.78 is 32.0. The van der Waals surface area contributed by atoms with E-state index in [0.29, 0.717) is 24.5 Å². The van der Waals surface area contributed by atoms with Crippen LogP contribution in [0.15, 0.2) is 26.2 Å². The van der Waals surface area contributed by atoms with E-state index in [9.17, 15) is 8.42 Å². The molecule has 5 nitrogen and oxygen atoms in total. The van der Waals surface area contributed by atoms with Crippen LogP contribution in [-0.4, -0.2) is 24.4 Å². The smallest absolute Gasteiger partial charge is 0.248 e. The van der Waals surface area contributed by atoms with Gasteiger partial charge in [-0.15, -0.1) is 0 Å². The standard InChI is InChI=1S/C13H18N2O3S2/c1-4-6-15(8-12-5-7-19-9-12)20(16,17)13-10(2)14-18-11(13)3/h5,7,9H,4,6,8H2,1-3H3. The van der Waals surface area contributed by atoms with Crippen molar-refractivity contribution in [1.29, 1.82) is 0 Å². The molecular formula is C13H18N2O3S2. The van der Waals surface area contributed by atoms with Gasteiger partial charge in [-0.05, 0) is 42.7 Å². The maximum absolute atomic E-state index is 12.8. The second kappa shape index (κ2) is 6.07. The zero-order valence-corrected chi connectivity index (χ0v) is 13.4. The van der Waals surface area contributed by atoms with Gasteiger partial charge in [-0.3, -0.25) is 0 Å². The van der Waals surface area contributed by atoms with Crippen LogP contribution in [-0.2, 0) is 16.6 Å². The van der Waals surface area contributed by atoms with Crippen molar-refractivity contribution in [3.05, 3.63) is 33.8 Å². The van der Waals surface area contributed by atoms with Crippen LogP contribution in [0.3, 0.4) is 0 Å². The van der Waals surface area contributed by atoms with Crippen LogP contribution in [0.25, 0.3) is 0 Å². The lowest BCUT2D eigenvalue weighted by Gasteiger charge is -2.20. The van der Waals surface area contributed by atoms with Gasteiger partial charge >= 0.3 is 0 Å². The molecule has 110 valence electrons.